The van der Waals surface area contributed by atoms with Gasteiger partial charge in [0.1, 0.15) is 0 Å². The second-order valence-corrected chi connectivity index (χ2v) is 5.07. The van der Waals surface area contributed by atoms with Crippen molar-refractivity contribution in [1.82, 2.24) is 0 Å². The van der Waals surface area contributed by atoms with E-state index < -0.39 is 0 Å². The lowest BCUT2D eigenvalue weighted by Crippen LogP contribution is -2.05. The predicted molar refractivity (Wildman–Crippen MR) is 90.5 cm³/mol. The number of anilines is 1. The fraction of sp³-hybridized carbons (Fsp3) is 0.100. The Hall–Kier alpha value is -2.54. The van der Waals surface area contributed by atoms with Crippen molar-refractivity contribution in [3.63, 3.8) is 0 Å². The van der Waals surface area contributed by atoms with Crippen LogP contribution in [0.5, 0.6) is 0 Å². The lowest BCUT2D eigenvalue weighted by molar-refractivity contribution is 1.02. The molecule has 0 aliphatic rings. The lowest BCUT2D eigenvalue weighted by atomic mass is 10.0. The molecule has 0 unspecified atom stereocenters. The maximum absolute atomic E-state index is 3.56. The fourth-order valence-electron chi connectivity index (χ4n) is 2.49. The summed E-state index contributed by atoms with van der Waals surface area (Å²) in [5.41, 5.74) is 5.06. The van der Waals surface area contributed by atoms with E-state index in [9.17, 15) is 0 Å². The van der Waals surface area contributed by atoms with E-state index in [1.54, 1.807) is 0 Å². The van der Waals surface area contributed by atoms with Crippen molar-refractivity contribution in [2.45, 2.75) is 6.42 Å². The number of benzene rings is 3. The molecule has 3 rings (SSSR count). The molecule has 21 heavy (non-hydrogen) atoms. The van der Waals surface area contributed by atoms with Gasteiger partial charge in [-0.05, 0) is 23.6 Å². The minimum absolute atomic E-state index is 0.938. The molecular formula is C20H19N. The molecule has 1 nitrogen and oxygen atoms in total. The Balaban J connectivity index is 1.71. The van der Waals surface area contributed by atoms with Crippen molar-refractivity contribution >= 4 is 5.69 Å². The third-order valence-corrected chi connectivity index (χ3v) is 3.58. The maximum Gasteiger partial charge on any atom is 0.0419 e. The Kier molecular flexibility index (Phi) is 4.33. The highest BCUT2D eigenvalue weighted by Crippen LogP contribution is 2.27. The summed E-state index contributed by atoms with van der Waals surface area (Å²) in [4.78, 5) is 0. The highest BCUT2D eigenvalue weighted by Gasteiger charge is 2.03. The molecule has 0 saturated heterocycles. The van der Waals surface area contributed by atoms with Crippen LogP contribution in [0.25, 0.3) is 11.1 Å². The number of para-hydroxylation sites is 1. The molecule has 3 aromatic carbocycles. The van der Waals surface area contributed by atoms with Crippen LogP contribution in [0, 0.1) is 0 Å². The van der Waals surface area contributed by atoms with Gasteiger partial charge in [-0.15, -0.1) is 0 Å². The fourth-order valence-corrected chi connectivity index (χ4v) is 2.49. The van der Waals surface area contributed by atoms with Crippen LogP contribution in [0.15, 0.2) is 84.9 Å². The molecule has 0 radical (unpaired) electrons. The first-order valence-corrected chi connectivity index (χ1v) is 7.36. The Bertz CT molecular complexity index is 674. The smallest absolute Gasteiger partial charge is 0.0419 e. The summed E-state index contributed by atoms with van der Waals surface area (Å²) in [6.07, 6.45) is 1.03. The van der Waals surface area contributed by atoms with Gasteiger partial charge >= 0.3 is 0 Å². The average Bonchev–Trinajstić information content (AvgIpc) is 2.57. The van der Waals surface area contributed by atoms with E-state index in [1.807, 2.05) is 0 Å². The third kappa shape index (κ3) is 3.51. The van der Waals surface area contributed by atoms with Crippen molar-refractivity contribution < 1.29 is 0 Å². The maximum atomic E-state index is 3.56. The predicted octanol–water partition coefficient (Wildman–Crippen LogP) is 5.01. The van der Waals surface area contributed by atoms with Crippen molar-refractivity contribution in [3.8, 4) is 11.1 Å². The van der Waals surface area contributed by atoms with Crippen LogP contribution in [0.3, 0.4) is 0 Å². The first kappa shape index (κ1) is 13.4. The number of nitrogens with one attached hydrogen (secondary N) is 1. The summed E-state index contributed by atoms with van der Waals surface area (Å²) in [6, 6.07) is 29.6. The van der Waals surface area contributed by atoms with Gasteiger partial charge in [0.15, 0.2) is 0 Å². The van der Waals surface area contributed by atoms with Crippen molar-refractivity contribution in [2.75, 3.05) is 11.9 Å². The summed E-state index contributed by atoms with van der Waals surface area (Å²) in [7, 11) is 0. The van der Waals surface area contributed by atoms with E-state index in [0.717, 1.165) is 13.0 Å². The van der Waals surface area contributed by atoms with Crippen molar-refractivity contribution in [3.05, 3.63) is 90.5 Å². The van der Waals surface area contributed by atoms with Crippen LogP contribution in [-0.2, 0) is 6.42 Å². The molecule has 0 atom stereocenters. The molecule has 0 aliphatic carbocycles. The van der Waals surface area contributed by atoms with Crippen LogP contribution in [-0.4, -0.2) is 6.54 Å². The summed E-state index contributed by atoms with van der Waals surface area (Å²) >= 11 is 0. The number of hydrogen-bond acceptors (Lipinski definition) is 1. The Morgan fingerprint density at radius 1 is 0.619 bits per heavy atom. The molecule has 0 fully saturated rings. The molecule has 0 heterocycles. The summed E-state index contributed by atoms with van der Waals surface area (Å²) < 4.78 is 0. The van der Waals surface area contributed by atoms with Gasteiger partial charge in [0.2, 0.25) is 0 Å². The van der Waals surface area contributed by atoms with Gasteiger partial charge in [-0.25, -0.2) is 0 Å². The van der Waals surface area contributed by atoms with E-state index in [1.165, 1.54) is 22.4 Å². The minimum atomic E-state index is 0.938. The quantitative estimate of drug-likeness (QED) is 0.689. The molecule has 0 amide bonds. The van der Waals surface area contributed by atoms with Gasteiger partial charge in [0.05, 0.1) is 0 Å². The molecule has 0 aliphatic heterocycles. The molecule has 104 valence electrons. The highest BCUT2D eigenvalue weighted by atomic mass is 14.9. The highest BCUT2D eigenvalue weighted by molar-refractivity contribution is 5.77. The standard InChI is InChI=1S/C20H19N/c1-3-9-17(10-4-1)15-16-21-20-14-8-7-13-19(20)18-11-5-2-6-12-18/h1-14,21H,15-16H2. The largest absolute Gasteiger partial charge is 0.384 e. The first-order chi connectivity index (χ1) is 10.4. The van der Waals surface area contributed by atoms with Gasteiger partial charge in [0, 0.05) is 17.8 Å². The van der Waals surface area contributed by atoms with E-state index >= 15 is 0 Å². The number of hydrogen-bond donors (Lipinski definition) is 1. The van der Waals surface area contributed by atoms with Crippen molar-refractivity contribution in [1.29, 1.82) is 0 Å². The van der Waals surface area contributed by atoms with E-state index in [0.29, 0.717) is 0 Å². The summed E-state index contributed by atoms with van der Waals surface area (Å²) in [6.45, 7) is 0.938. The zero-order valence-electron chi connectivity index (χ0n) is 12.0. The molecule has 0 spiro atoms. The normalized spacial score (nSPS) is 10.3. The van der Waals surface area contributed by atoms with Crippen LogP contribution in [0.4, 0.5) is 5.69 Å². The van der Waals surface area contributed by atoms with E-state index in [-0.39, 0.29) is 0 Å². The van der Waals surface area contributed by atoms with Gasteiger partial charge in [0.25, 0.3) is 0 Å². The monoisotopic (exact) mass is 273 g/mol. The van der Waals surface area contributed by atoms with E-state index in [2.05, 4.69) is 90.2 Å². The Morgan fingerprint density at radius 3 is 2.00 bits per heavy atom. The van der Waals surface area contributed by atoms with Gasteiger partial charge in [-0.2, -0.15) is 0 Å². The summed E-state index contributed by atoms with van der Waals surface area (Å²) in [5.74, 6) is 0. The first-order valence-electron chi connectivity index (χ1n) is 7.36. The molecule has 0 saturated carbocycles. The lowest BCUT2D eigenvalue weighted by Gasteiger charge is -2.12. The Labute approximate surface area is 126 Å². The van der Waals surface area contributed by atoms with E-state index in [4.69, 9.17) is 0 Å². The van der Waals surface area contributed by atoms with Gasteiger partial charge < -0.3 is 5.32 Å². The average molecular weight is 273 g/mol. The third-order valence-electron chi connectivity index (χ3n) is 3.58. The second kappa shape index (κ2) is 6.76. The minimum Gasteiger partial charge on any atom is -0.384 e. The van der Waals surface area contributed by atoms with Crippen molar-refractivity contribution in [2.24, 2.45) is 0 Å². The van der Waals surface area contributed by atoms with Gasteiger partial charge in [-0.3, -0.25) is 0 Å². The molecule has 0 aromatic heterocycles. The van der Waals surface area contributed by atoms with Crippen LogP contribution in [0.1, 0.15) is 5.56 Å². The Morgan fingerprint density at radius 2 is 1.24 bits per heavy atom. The topological polar surface area (TPSA) is 12.0 Å². The SMILES string of the molecule is c1ccc(CCNc2ccccc2-c2ccccc2)cc1. The number of rotatable bonds is 5. The van der Waals surface area contributed by atoms with Crippen LogP contribution in [0.2, 0.25) is 0 Å². The molecular weight excluding hydrogens is 254 g/mol. The summed E-state index contributed by atoms with van der Waals surface area (Å²) in [5, 5.41) is 3.56. The zero-order chi connectivity index (χ0) is 14.3. The molecule has 3 aromatic rings. The van der Waals surface area contributed by atoms with Crippen LogP contribution >= 0.6 is 0 Å². The second-order valence-electron chi connectivity index (χ2n) is 5.07. The van der Waals surface area contributed by atoms with Crippen LogP contribution < -0.4 is 5.32 Å². The molecule has 1 N–H and O–H groups in total. The molecule has 1 heteroatoms. The van der Waals surface area contributed by atoms with Gasteiger partial charge in [-0.1, -0.05) is 78.9 Å². The zero-order valence-corrected chi connectivity index (χ0v) is 12.0. The molecule has 0 bridgehead atoms.